The van der Waals surface area contributed by atoms with E-state index in [4.69, 9.17) is 0 Å². The Morgan fingerprint density at radius 3 is 1.93 bits per heavy atom. The SMILES string of the molecule is CC1(C)CC(=O)C2=C(C1)Nc1nn(CC3(C)CC(=O)C4=C(C3)Nc3n[nH]c(C(F)(F)F)c3C4c3ccc(F)cc3C(F)(F)F)c(C(F)(F)F)c1C2c1cnccc1C(F)(F)F. The molecular formula is C39H30F13N7O2. The molecule has 3 N–H and O–H groups in total. The molecular weight excluding hydrogens is 845 g/mol. The normalized spacial score (nSPS) is 23.0. The lowest BCUT2D eigenvalue weighted by Gasteiger charge is -2.40. The molecule has 4 aliphatic rings. The second kappa shape index (κ2) is 13.4. The quantitative estimate of drug-likeness (QED) is 0.175. The lowest BCUT2D eigenvalue weighted by molar-refractivity contribution is -0.146. The fraction of sp³-hybridized carbons (Fsp3) is 0.410. The minimum absolute atomic E-state index is 0.0329. The number of alkyl halides is 12. The number of allylic oxidation sites excluding steroid dienone is 4. The van der Waals surface area contributed by atoms with Gasteiger partial charge in [-0.3, -0.25) is 24.4 Å². The third-order valence-corrected chi connectivity index (χ3v) is 11.4. The molecule has 4 aromatic rings. The number of benzene rings is 1. The van der Waals surface area contributed by atoms with E-state index < -0.39 is 146 Å². The minimum Gasteiger partial charge on any atom is -0.342 e. The van der Waals surface area contributed by atoms with Crippen molar-refractivity contribution in [1.82, 2.24) is 25.0 Å². The number of fused-ring (bicyclic) bond motifs is 2. The Bertz CT molecular complexity index is 2590. The van der Waals surface area contributed by atoms with Crippen LogP contribution < -0.4 is 10.6 Å². The molecule has 5 heterocycles. The number of hydrogen-bond acceptors (Lipinski definition) is 7. The fourth-order valence-corrected chi connectivity index (χ4v) is 9.25. The number of ketones is 2. The predicted octanol–water partition coefficient (Wildman–Crippen LogP) is 10.3. The number of rotatable bonds is 4. The van der Waals surface area contributed by atoms with Crippen molar-refractivity contribution >= 4 is 23.2 Å². The van der Waals surface area contributed by atoms with Crippen LogP contribution in [-0.4, -0.2) is 36.5 Å². The largest absolute Gasteiger partial charge is 0.433 e. The highest BCUT2D eigenvalue weighted by atomic mass is 19.4. The van der Waals surface area contributed by atoms with E-state index in [0.29, 0.717) is 22.9 Å². The number of Topliss-reactive ketones (excluding diaryl/α,β-unsaturated/α-hetero) is 2. The number of carbonyl (C=O) groups excluding carboxylic acids is 2. The Morgan fingerprint density at radius 2 is 1.31 bits per heavy atom. The second-order valence-corrected chi connectivity index (χ2v) is 16.7. The first-order valence-electron chi connectivity index (χ1n) is 18.4. The average molecular weight is 876 g/mol. The van der Waals surface area contributed by atoms with Gasteiger partial charge in [-0.25, -0.2) is 4.39 Å². The van der Waals surface area contributed by atoms with E-state index in [-0.39, 0.29) is 35.9 Å². The van der Waals surface area contributed by atoms with Gasteiger partial charge < -0.3 is 10.6 Å². The number of carbonyl (C=O) groups is 2. The summed E-state index contributed by atoms with van der Waals surface area (Å²) in [7, 11) is 0. The first-order valence-corrected chi connectivity index (χ1v) is 18.4. The lowest BCUT2D eigenvalue weighted by atomic mass is 9.67. The van der Waals surface area contributed by atoms with Crippen molar-refractivity contribution in [3.8, 4) is 0 Å². The molecule has 324 valence electrons. The van der Waals surface area contributed by atoms with Gasteiger partial charge in [0.1, 0.15) is 17.2 Å². The molecule has 22 heteroatoms. The highest BCUT2D eigenvalue weighted by Gasteiger charge is 2.54. The zero-order valence-corrected chi connectivity index (χ0v) is 31.7. The maximum Gasteiger partial charge on any atom is 0.433 e. The molecule has 2 aliphatic carbocycles. The van der Waals surface area contributed by atoms with Crippen molar-refractivity contribution in [3.63, 3.8) is 0 Å². The molecule has 0 saturated heterocycles. The van der Waals surface area contributed by atoms with Gasteiger partial charge in [0.25, 0.3) is 0 Å². The molecule has 0 fully saturated rings. The molecule has 3 unspecified atom stereocenters. The number of halogens is 13. The van der Waals surface area contributed by atoms with Gasteiger partial charge in [-0.05, 0) is 53.0 Å². The van der Waals surface area contributed by atoms with E-state index in [0.717, 1.165) is 12.4 Å². The van der Waals surface area contributed by atoms with Gasteiger partial charge in [0.2, 0.25) is 0 Å². The van der Waals surface area contributed by atoms with Crippen LogP contribution in [0.5, 0.6) is 0 Å². The molecule has 61 heavy (non-hydrogen) atoms. The first-order chi connectivity index (χ1) is 28.1. The molecule has 8 rings (SSSR count). The van der Waals surface area contributed by atoms with Crippen molar-refractivity contribution in [3.05, 3.63) is 110 Å². The number of hydrogen-bond donors (Lipinski definition) is 3. The van der Waals surface area contributed by atoms with Crippen LogP contribution in [0, 0.1) is 16.6 Å². The number of nitrogens with one attached hydrogen (secondary N) is 3. The van der Waals surface area contributed by atoms with Gasteiger partial charge in [-0.2, -0.15) is 62.9 Å². The second-order valence-electron chi connectivity index (χ2n) is 16.7. The number of pyridine rings is 1. The Hall–Kier alpha value is -5.70. The van der Waals surface area contributed by atoms with Gasteiger partial charge >= 0.3 is 24.7 Å². The number of anilines is 2. The third kappa shape index (κ3) is 7.13. The minimum atomic E-state index is -5.38. The molecule has 0 saturated carbocycles. The topological polar surface area (TPSA) is 118 Å². The summed E-state index contributed by atoms with van der Waals surface area (Å²) < 4.78 is 191. The fourth-order valence-electron chi connectivity index (χ4n) is 9.25. The molecule has 1 aromatic carbocycles. The summed E-state index contributed by atoms with van der Waals surface area (Å²) in [5, 5.41) is 14.9. The first kappa shape index (κ1) is 42.0. The molecule has 3 atom stereocenters. The summed E-state index contributed by atoms with van der Waals surface area (Å²) in [6, 6.07) is 1.80. The van der Waals surface area contributed by atoms with Crippen LogP contribution in [0.25, 0.3) is 0 Å². The zero-order chi connectivity index (χ0) is 44.6. The summed E-state index contributed by atoms with van der Waals surface area (Å²) in [6.07, 6.45) is -21.0. The summed E-state index contributed by atoms with van der Waals surface area (Å²) in [5.74, 6) is -8.45. The van der Waals surface area contributed by atoms with Crippen LogP contribution >= 0.6 is 0 Å². The van der Waals surface area contributed by atoms with E-state index in [1.54, 1.807) is 18.9 Å². The van der Waals surface area contributed by atoms with Gasteiger partial charge in [0, 0.05) is 77.3 Å². The van der Waals surface area contributed by atoms with Crippen molar-refractivity contribution < 1.29 is 66.7 Å². The summed E-state index contributed by atoms with van der Waals surface area (Å²) in [6.45, 7) is 3.87. The average Bonchev–Trinajstić information content (AvgIpc) is 3.69. The molecule has 9 nitrogen and oxygen atoms in total. The van der Waals surface area contributed by atoms with E-state index in [9.17, 15) is 53.5 Å². The number of nitrogens with zero attached hydrogens (tertiary/aromatic N) is 4. The third-order valence-electron chi connectivity index (χ3n) is 11.4. The van der Waals surface area contributed by atoms with Crippen molar-refractivity contribution in [2.45, 2.75) is 89.5 Å². The van der Waals surface area contributed by atoms with E-state index >= 15 is 13.2 Å². The number of aromatic amines is 1. The molecule has 2 aliphatic heterocycles. The van der Waals surface area contributed by atoms with E-state index in [1.807, 2.05) is 0 Å². The Balaban J connectivity index is 1.28. The van der Waals surface area contributed by atoms with Crippen molar-refractivity contribution in [2.24, 2.45) is 10.8 Å². The van der Waals surface area contributed by atoms with Crippen LogP contribution in [0.3, 0.4) is 0 Å². The van der Waals surface area contributed by atoms with Gasteiger partial charge in [-0.15, -0.1) is 0 Å². The number of aromatic nitrogens is 5. The van der Waals surface area contributed by atoms with E-state index in [1.165, 1.54) is 6.92 Å². The maximum absolute atomic E-state index is 15.5. The van der Waals surface area contributed by atoms with Crippen molar-refractivity contribution in [1.29, 1.82) is 0 Å². The summed E-state index contributed by atoms with van der Waals surface area (Å²) in [4.78, 5) is 31.8. The Morgan fingerprint density at radius 1 is 0.705 bits per heavy atom. The van der Waals surface area contributed by atoms with Crippen LogP contribution in [0.2, 0.25) is 0 Å². The lowest BCUT2D eigenvalue weighted by Crippen LogP contribution is -2.39. The molecule has 0 radical (unpaired) electrons. The van der Waals surface area contributed by atoms with Gasteiger partial charge in [-0.1, -0.05) is 26.8 Å². The molecule has 0 amide bonds. The monoisotopic (exact) mass is 875 g/mol. The molecule has 0 bridgehead atoms. The summed E-state index contributed by atoms with van der Waals surface area (Å²) >= 11 is 0. The maximum atomic E-state index is 15.5. The standard InChI is InChI=1S/C39H30F13N7O2/c1-34(2)9-20-26(22(60)11-34)25(17-13-53-7-6-18(17)36(41,42)43)29-31(39(50,51)52)59(58-33(29)55-20)14-35(3)10-21-27(23(61)12-35)24(16-5-4-15(40)8-19(16)37(44,45)46)28-30(38(47,48)49)56-57-32(28)54-21/h4-8,13,24-25H,9-12,14H2,1-3H3,(H,55,58)(H2,54,56,57). The molecule has 3 aromatic heterocycles. The zero-order valence-electron chi connectivity index (χ0n) is 31.7. The van der Waals surface area contributed by atoms with Crippen LogP contribution in [-0.2, 0) is 40.8 Å². The smallest absolute Gasteiger partial charge is 0.342 e. The highest BCUT2D eigenvalue weighted by molar-refractivity contribution is 6.02. The number of H-pyrrole nitrogens is 1. The molecule has 0 spiro atoms. The Kier molecular flexibility index (Phi) is 9.23. The van der Waals surface area contributed by atoms with Crippen LogP contribution in [0.4, 0.5) is 68.7 Å². The van der Waals surface area contributed by atoms with Gasteiger partial charge in [0.15, 0.2) is 23.2 Å². The Labute approximate surface area is 335 Å². The van der Waals surface area contributed by atoms with Gasteiger partial charge in [0.05, 0.1) is 11.1 Å². The van der Waals surface area contributed by atoms with Crippen LogP contribution in [0.15, 0.2) is 59.2 Å². The van der Waals surface area contributed by atoms with Crippen LogP contribution in [0.1, 0.15) is 103 Å². The van der Waals surface area contributed by atoms with Crippen molar-refractivity contribution in [2.75, 3.05) is 10.6 Å². The van der Waals surface area contributed by atoms with E-state index in [2.05, 4.69) is 25.8 Å². The highest BCUT2D eigenvalue weighted by Crippen LogP contribution is 2.57. The predicted molar refractivity (Wildman–Crippen MR) is 187 cm³/mol. The summed E-state index contributed by atoms with van der Waals surface area (Å²) in [5.41, 5.74) is -13.2.